The minimum atomic E-state index is -0.386. The van der Waals surface area contributed by atoms with E-state index in [9.17, 15) is 4.79 Å². The Balaban J connectivity index is 1.86. The Morgan fingerprint density at radius 3 is 2.10 bits per heavy atom. The first-order chi connectivity index (χ1) is 14.1. The molecule has 0 aliphatic rings. The van der Waals surface area contributed by atoms with Crippen LogP contribution in [0.4, 0.5) is 0 Å². The van der Waals surface area contributed by atoms with Crippen molar-refractivity contribution < 1.29 is 23.7 Å². The lowest BCUT2D eigenvalue weighted by molar-refractivity contribution is 0.0952. The summed E-state index contributed by atoms with van der Waals surface area (Å²) >= 11 is 0. The highest BCUT2D eigenvalue weighted by molar-refractivity contribution is 6.02. The lowest BCUT2D eigenvalue weighted by Gasteiger charge is -2.13. The van der Waals surface area contributed by atoms with E-state index in [4.69, 9.17) is 18.9 Å². The summed E-state index contributed by atoms with van der Waals surface area (Å²) in [4.78, 5) is 12.7. The molecule has 29 heavy (non-hydrogen) atoms. The topological polar surface area (TPSA) is 78.4 Å². The summed E-state index contributed by atoms with van der Waals surface area (Å²) in [6, 6.07) is 14.8. The van der Waals surface area contributed by atoms with Crippen LogP contribution < -0.4 is 24.4 Å². The first kappa shape index (κ1) is 20.0. The molecule has 0 radical (unpaired) electrons. The van der Waals surface area contributed by atoms with E-state index in [0.29, 0.717) is 34.1 Å². The van der Waals surface area contributed by atoms with Crippen LogP contribution in [0.5, 0.6) is 23.0 Å². The van der Waals surface area contributed by atoms with Gasteiger partial charge in [0.05, 0.1) is 40.2 Å². The van der Waals surface area contributed by atoms with Crippen molar-refractivity contribution in [3.05, 3.63) is 59.7 Å². The number of nitrogens with zero attached hydrogens (tertiary/aromatic N) is 1. The molecule has 0 saturated carbocycles. The van der Waals surface area contributed by atoms with E-state index in [1.54, 1.807) is 25.3 Å². The molecule has 0 atom stereocenters. The molecule has 3 aromatic rings. The highest BCUT2D eigenvalue weighted by atomic mass is 16.5. The average Bonchev–Trinajstić information content (AvgIpc) is 2.77. The maximum absolute atomic E-state index is 12.7. The minimum absolute atomic E-state index is 0.386. The zero-order valence-corrected chi connectivity index (χ0v) is 16.7. The van der Waals surface area contributed by atoms with Crippen LogP contribution in [0, 0.1) is 0 Å². The normalized spacial score (nSPS) is 10.8. The Hall–Kier alpha value is -3.74. The zero-order chi connectivity index (χ0) is 20.8. The van der Waals surface area contributed by atoms with E-state index in [0.717, 1.165) is 10.8 Å². The molecule has 7 nitrogen and oxygen atoms in total. The Morgan fingerprint density at radius 1 is 0.828 bits per heavy atom. The Bertz CT molecular complexity index is 1060. The summed E-state index contributed by atoms with van der Waals surface area (Å²) in [5.41, 5.74) is 3.54. The van der Waals surface area contributed by atoms with Crippen LogP contribution in [0.1, 0.15) is 15.9 Å². The van der Waals surface area contributed by atoms with E-state index in [-0.39, 0.29) is 5.91 Å². The van der Waals surface area contributed by atoms with E-state index in [1.807, 2.05) is 30.3 Å². The van der Waals surface area contributed by atoms with Crippen LogP contribution in [-0.2, 0) is 0 Å². The van der Waals surface area contributed by atoms with Crippen LogP contribution in [0.25, 0.3) is 10.8 Å². The quantitative estimate of drug-likeness (QED) is 0.489. The molecular weight excluding hydrogens is 372 g/mol. The number of methoxy groups -OCH3 is 4. The van der Waals surface area contributed by atoms with Crippen molar-refractivity contribution in [3.8, 4) is 23.0 Å². The Morgan fingerprint density at radius 2 is 1.48 bits per heavy atom. The van der Waals surface area contributed by atoms with Crippen molar-refractivity contribution in [2.24, 2.45) is 5.10 Å². The molecule has 3 aromatic carbocycles. The molecular formula is C22H22N2O5. The number of hydrogen-bond acceptors (Lipinski definition) is 6. The number of amides is 1. The summed E-state index contributed by atoms with van der Waals surface area (Å²) in [7, 11) is 6.11. The summed E-state index contributed by atoms with van der Waals surface area (Å²) in [6.45, 7) is 0. The molecule has 0 saturated heterocycles. The van der Waals surface area contributed by atoms with Crippen molar-refractivity contribution in [1.29, 1.82) is 0 Å². The van der Waals surface area contributed by atoms with Gasteiger partial charge in [0.2, 0.25) is 5.75 Å². The first-order valence-corrected chi connectivity index (χ1v) is 8.82. The zero-order valence-electron chi connectivity index (χ0n) is 16.7. The maximum atomic E-state index is 12.7. The summed E-state index contributed by atoms with van der Waals surface area (Å²) in [6.07, 6.45) is 1.48. The van der Waals surface area contributed by atoms with Crippen LogP contribution in [0.15, 0.2) is 53.6 Å². The van der Waals surface area contributed by atoms with Gasteiger partial charge < -0.3 is 18.9 Å². The largest absolute Gasteiger partial charge is 0.496 e. The second-order valence-corrected chi connectivity index (χ2v) is 6.02. The van der Waals surface area contributed by atoms with Crippen molar-refractivity contribution in [2.45, 2.75) is 0 Å². The van der Waals surface area contributed by atoms with Gasteiger partial charge in [0, 0.05) is 5.56 Å². The monoisotopic (exact) mass is 394 g/mol. The molecule has 1 N–H and O–H groups in total. The van der Waals surface area contributed by atoms with Crippen LogP contribution in [0.2, 0.25) is 0 Å². The summed E-state index contributed by atoms with van der Waals surface area (Å²) < 4.78 is 21.4. The van der Waals surface area contributed by atoms with Gasteiger partial charge in [-0.2, -0.15) is 5.10 Å². The van der Waals surface area contributed by atoms with Gasteiger partial charge in [0.15, 0.2) is 11.5 Å². The van der Waals surface area contributed by atoms with Crippen molar-refractivity contribution in [3.63, 3.8) is 0 Å². The number of benzene rings is 3. The third-order valence-corrected chi connectivity index (χ3v) is 4.42. The number of carbonyl (C=O) groups excluding carboxylic acids is 1. The van der Waals surface area contributed by atoms with Crippen molar-refractivity contribution >= 4 is 22.9 Å². The van der Waals surface area contributed by atoms with Crippen LogP contribution in [0.3, 0.4) is 0 Å². The molecule has 0 aliphatic carbocycles. The number of fused-ring (bicyclic) bond motifs is 1. The van der Waals surface area contributed by atoms with E-state index < -0.39 is 0 Å². The molecule has 0 aromatic heterocycles. The SMILES string of the molecule is COc1cc2ccccc2cc1C(=O)N/N=C\c1ccc(OC)c(OC)c1OC. The standard InChI is InChI=1S/C22H22N2O5/c1-26-18-10-9-16(20(28-3)21(18)29-4)13-23-24-22(25)17-11-14-7-5-6-8-15(14)12-19(17)27-2/h5-13H,1-4H3,(H,24,25)/b23-13-. The van der Waals surface area contributed by atoms with Crippen molar-refractivity contribution in [2.75, 3.05) is 28.4 Å². The van der Waals surface area contributed by atoms with Gasteiger partial charge in [0.1, 0.15) is 5.75 Å². The molecule has 0 heterocycles. The van der Waals surface area contributed by atoms with Gasteiger partial charge in [-0.1, -0.05) is 24.3 Å². The van der Waals surface area contributed by atoms with E-state index in [1.165, 1.54) is 27.5 Å². The lowest BCUT2D eigenvalue weighted by Crippen LogP contribution is -2.18. The highest BCUT2D eigenvalue weighted by Gasteiger charge is 2.16. The van der Waals surface area contributed by atoms with Crippen LogP contribution >= 0.6 is 0 Å². The van der Waals surface area contributed by atoms with Gasteiger partial charge >= 0.3 is 0 Å². The Labute approximate surface area is 168 Å². The van der Waals surface area contributed by atoms with Gasteiger partial charge in [-0.25, -0.2) is 5.43 Å². The van der Waals surface area contributed by atoms with Gasteiger partial charge in [-0.3, -0.25) is 4.79 Å². The molecule has 150 valence electrons. The van der Waals surface area contributed by atoms with Crippen molar-refractivity contribution in [1.82, 2.24) is 5.43 Å². The number of hydrazone groups is 1. The molecule has 3 rings (SSSR count). The second kappa shape index (κ2) is 8.97. The number of rotatable bonds is 7. The fourth-order valence-corrected chi connectivity index (χ4v) is 3.01. The highest BCUT2D eigenvalue weighted by Crippen LogP contribution is 2.39. The van der Waals surface area contributed by atoms with E-state index >= 15 is 0 Å². The smallest absolute Gasteiger partial charge is 0.275 e. The predicted octanol–water partition coefficient (Wildman–Crippen LogP) is 3.64. The number of ether oxygens (including phenoxy) is 4. The van der Waals surface area contributed by atoms with Crippen LogP contribution in [-0.4, -0.2) is 40.6 Å². The molecule has 0 spiro atoms. The third kappa shape index (κ3) is 4.08. The molecule has 7 heteroatoms. The second-order valence-electron chi connectivity index (χ2n) is 6.02. The lowest BCUT2D eigenvalue weighted by atomic mass is 10.1. The number of hydrogen-bond donors (Lipinski definition) is 1. The van der Waals surface area contributed by atoms with Gasteiger partial charge in [-0.15, -0.1) is 0 Å². The number of carbonyl (C=O) groups is 1. The van der Waals surface area contributed by atoms with E-state index in [2.05, 4.69) is 10.5 Å². The minimum Gasteiger partial charge on any atom is -0.496 e. The molecule has 0 bridgehead atoms. The maximum Gasteiger partial charge on any atom is 0.275 e. The summed E-state index contributed by atoms with van der Waals surface area (Å²) in [5.74, 6) is 1.52. The number of nitrogens with one attached hydrogen (secondary N) is 1. The first-order valence-electron chi connectivity index (χ1n) is 8.82. The van der Waals surface area contributed by atoms with Gasteiger partial charge in [-0.05, 0) is 35.0 Å². The Kier molecular flexibility index (Phi) is 6.19. The van der Waals surface area contributed by atoms with Gasteiger partial charge in [0.25, 0.3) is 5.91 Å². The fraction of sp³-hybridized carbons (Fsp3) is 0.182. The average molecular weight is 394 g/mol. The predicted molar refractivity (Wildman–Crippen MR) is 112 cm³/mol. The molecule has 0 fully saturated rings. The fourth-order valence-electron chi connectivity index (χ4n) is 3.01. The molecule has 0 unspecified atom stereocenters. The summed E-state index contributed by atoms with van der Waals surface area (Å²) in [5, 5.41) is 5.98. The third-order valence-electron chi connectivity index (χ3n) is 4.42. The molecule has 1 amide bonds. The molecule has 0 aliphatic heterocycles.